The zero-order chi connectivity index (χ0) is 14.4. The number of nitrogens with zero attached hydrogens (tertiary/aromatic N) is 1. The summed E-state index contributed by atoms with van der Waals surface area (Å²) in [6.45, 7) is 3.19. The summed E-state index contributed by atoms with van der Waals surface area (Å²) >= 11 is 11.9. The summed E-state index contributed by atoms with van der Waals surface area (Å²) in [6.07, 6.45) is 4.08. The number of nitrogens with one attached hydrogen (secondary N) is 1. The maximum Gasteiger partial charge on any atom is 0.223 e. The lowest BCUT2D eigenvalue weighted by atomic mass is 10.1. The average Bonchev–Trinajstić information content (AvgIpc) is 2.43. The predicted molar refractivity (Wildman–Crippen MR) is 83.2 cm³/mol. The Labute approximate surface area is 130 Å². The number of piperidine rings is 1. The lowest BCUT2D eigenvalue weighted by Gasteiger charge is -2.26. The normalized spacial score (nSPS) is 15.4. The number of hydrogen-bond donors (Lipinski definition) is 1. The van der Waals surface area contributed by atoms with Crippen LogP contribution in [0.4, 0.5) is 0 Å². The molecule has 1 N–H and O–H groups in total. The van der Waals surface area contributed by atoms with E-state index in [1.807, 2.05) is 17.0 Å². The molecule has 0 unspecified atom stereocenters. The molecule has 1 heterocycles. The van der Waals surface area contributed by atoms with E-state index in [-0.39, 0.29) is 5.91 Å². The fourth-order valence-electron chi connectivity index (χ4n) is 2.44. The third-order valence-corrected chi connectivity index (χ3v) is 3.91. The number of rotatable bonds is 5. The van der Waals surface area contributed by atoms with Gasteiger partial charge < -0.3 is 10.2 Å². The number of halogens is 2. The standard InChI is InChI=1S/C15H20Cl2N2O/c16-13-8-12(9-14(17)10-13)11-18-5-4-15(20)19-6-2-1-3-7-19/h8-10,18H,1-7,11H2. The molecule has 0 atom stereocenters. The number of benzene rings is 1. The van der Waals surface area contributed by atoms with Crippen molar-refractivity contribution >= 4 is 29.1 Å². The average molecular weight is 315 g/mol. The first-order valence-electron chi connectivity index (χ1n) is 7.08. The molecule has 0 radical (unpaired) electrons. The van der Waals surface area contributed by atoms with Crippen molar-refractivity contribution < 1.29 is 4.79 Å². The first kappa shape index (κ1) is 15.6. The van der Waals surface area contributed by atoms with Gasteiger partial charge in [0, 0.05) is 42.6 Å². The maximum atomic E-state index is 12.0. The molecule has 5 heteroatoms. The molecule has 1 aliphatic heterocycles. The summed E-state index contributed by atoms with van der Waals surface area (Å²) in [5.74, 6) is 0.251. The highest BCUT2D eigenvalue weighted by Crippen LogP contribution is 2.18. The van der Waals surface area contributed by atoms with Crippen molar-refractivity contribution in [2.24, 2.45) is 0 Å². The van der Waals surface area contributed by atoms with Crippen molar-refractivity contribution in [2.45, 2.75) is 32.2 Å². The lowest BCUT2D eigenvalue weighted by Crippen LogP contribution is -2.37. The van der Waals surface area contributed by atoms with Crippen LogP contribution < -0.4 is 5.32 Å². The van der Waals surface area contributed by atoms with Gasteiger partial charge in [-0.05, 0) is 43.0 Å². The molecule has 0 spiro atoms. The molecule has 1 aliphatic rings. The van der Waals surface area contributed by atoms with Crippen LogP contribution in [0.15, 0.2) is 18.2 Å². The van der Waals surface area contributed by atoms with Crippen LogP contribution >= 0.6 is 23.2 Å². The van der Waals surface area contributed by atoms with Gasteiger partial charge in [-0.25, -0.2) is 0 Å². The minimum absolute atomic E-state index is 0.251. The Morgan fingerprint density at radius 1 is 1.10 bits per heavy atom. The van der Waals surface area contributed by atoms with E-state index in [0.29, 0.717) is 29.6 Å². The third kappa shape index (κ3) is 4.97. The molecule has 1 fully saturated rings. The minimum atomic E-state index is 0.251. The summed E-state index contributed by atoms with van der Waals surface area (Å²) < 4.78 is 0. The van der Waals surface area contributed by atoms with Crippen LogP contribution in [-0.4, -0.2) is 30.4 Å². The van der Waals surface area contributed by atoms with Gasteiger partial charge in [0.1, 0.15) is 0 Å². The number of likely N-dealkylation sites (tertiary alicyclic amines) is 1. The van der Waals surface area contributed by atoms with E-state index in [0.717, 1.165) is 31.5 Å². The molecule has 3 nitrogen and oxygen atoms in total. The van der Waals surface area contributed by atoms with E-state index in [9.17, 15) is 4.79 Å². The number of carbonyl (C=O) groups excluding carboxylic acids is 1. The van der Waals surface area contributed by atoms with Crippen molar-refractivity contribution in [2.75, 3.05) is 19.6 Å². The predicted octanol–water partition coefficient (Wildman–Crippen LogP) is 3.49. The third-order valence-electron chi connectivity index (χ3n) is 3.48. The molecule has 0 bridgehead atoms. The van der Waals surface area contributed by atoms with Crippen LogP contribution in [0.5, 0.6) is 0 Å². The SMILES string of the molecule is O=C(CCNCc1cc(Cl)cc(Cl)c1)N1CCCCC1. The number of carbonyl (C=O) groups is 1. The Balaban J connectivity index is 1.69. The fourth-order valence-corrected chi connectivity index (χ4v) is 3.01. The van der Waals surface area contributed by atoms with E-state index < -0.39 is 0 Å². The second-order valence-electron chi connectivity index (χ2n) is 5.15. The van der Waals surface area contributed by atoms with Gasteiger partial charge in [-0.15, -0.1) is 0 Å². The summed E-state index contributed by atoms with van der Waals surface area (Å²) in [5, 5.41) is 4.54. The Morgan fingerprint density at radius 2 is 1.75 bits per heavy atom. The first-order chi connectivity index (χ1) is 9.65. The van der Waals surface area contributed by atoms with Gasteiger partial charge in [-0.1, -0.05) is 23.2 Å². The highest BCUT2D eigenvalue weighted by atomic mass is 35.5. The van der Waals surface area contributed by atoms with Crippen LogP contribution in [-0.2, 0) is 11.3 Å². The molecule has 1 aromatic carbocycles. The Kier molecular flexibility index (Phi) is 6.14. The molecular weight excluding hydrogens is 295 g/mol. The van der Waals surface area contributed by atoms with Crippen molar-refractivity contribution in [1.29, 1.82) is 0 Å². The molecule has 2 rings (SSSR count). The molecule has 110 valence electrons. The molecule has 1 saturated heterocycles. The topological polar surface area (TPSA) is 32.3 Å². The molecule has 0 saturated carbocycles. The van der Waals surface area contributed by atoms with Crippen LogP contribution in [0, 0.1) is 0 Å². The minimum Gasteiger partial charge on any atom is -0.343 e. The van der Waals surface area contributed by atoms with Crippen LogP contribution in [0.2, 0.25) is 10.0 Å². The van der Waals surface area contributed by atoms with Crippen LogP contribution in [0.3, 0.4) is 0 Å². The summed E-state index contributed by atoms with van der Waals surface area (Å²) in [4.78, 5) is 13.9. The zero-order valence-corrected chi connectivity index (χ0v) is 13.0. The lowest BCUT2D eigenvalue weighted by molar-refractivity contribution is -0.131. The van der Waals surface area contributed by atoms with Crippen LogP contribution in [0.1, 0.15) is 31.2 Å². The van der Waals surface area contributed by atoms with Gasteiger partial charge in [0.25, 0.3) is 0 Å². The molecular formula is C15H20Cl2N2O. The van der Waals surface area contributed by atoms with Crippen molar-refractivity contribution in [3.8, 4) is 0 Å². The molecule has 0 aromatic heterocycles. The number of hydrogen-bond acceptors (Lipinski definition) is 2. The van der Waals surface area contributed by atoms with Gasteiger partial charge in [0.15, 0.2) is 0 Å². The van der Waals surface area contributed by atoms with E-state index >= 15 is 0 Å². The maximum absolute atomic E-state index is 12.0. The molecule has 20 heavy (non-hydrogen) atoms. The highest BCUT2D eigenvalue weighted by Gasteiger charge is 2.15. The van der Waals surface area contributed by atoms with Gasteiger partial charge in [-0.3, -0.25) is 4.79 Å². The fraction of sp³-hybridized carbons (Fsp3) is 0.533. The molecule has 1 aromatic rings. The van der Waals surface area contributed by atoms with E-state index in [1.165, 1.54) is 6.42 Å². The summed E-state index contributed by atoms with van der Waals surface area (Å²) in [7, 11) is 0. The van der Waals surface area contributed by atoms with Gasteiger partial charge in [0.05, 0.1) is 0 Å². The van der Waals surface area contributed by atoms with Crippen molar-refractivity contribution in [1.82, 2.24) is 10.2 Å². The zero-order valence-electron chi connectivity index (χ0n) is 11.5. The number of amides is 1. The van der Waals surface area contributed by atoms with Crippen LogP contribution in [0.25, 0.3) is 0 Å². The van der Waals surface area contributed by atoms with E-state index in [2.05, 4.69) is 5.32 Å². The Morgan fingerprint density at radius 3 is 2.40 bits per heavy atom. The molecule has 1 amide bonds. The largest absolute Gasteiger partial charge is 0.343 e. The quantitative estimate of drug-likeness (QED) is 0.844. The smallest absolute Gasteiger partial charge is 0.223 e. The summed E-state index contributed by atoms with van der Waals surface area (Å²) in [6, 6.07) is 5.48. The molecule has 0 aliphatic carbocycles. The summed E-state index contributed by atoms with van der Waals surface area (Å²) in [5.41, 5.74) is 1.04. The Hall–Kier alpha value is -0.770. The van der Waals surface area contributed by atoms with Gasteiger partial charge >= 0.3 is 0 Å². The van der Waals surface area contributed by atoms with Gasteiger partial charge in [0.2, 0.25) is 5.91 Å². The highest BCUT2D eigenvalue weighted by molar-refractivity contribution is 6.34. The van der Waals surface area contributed by atoms with E-state index in [4.69, 9.17) is 23.2 Å². The first-order valence-corrected chi connectivity index (χ1v) is 7.84. The van der Waals surface area contributed by atoms with Gasteiger partial charge in [-0.2, -0.15) is 0 Å². The monoisotopic (exact) mass is 314 g/mol. The van der Waals surface area contributed by atoms with E-state index in [1.54, 1.807) is 6.07 Å². The Bertz CT molecular complexity index is 439. The van der Waals surface area contributed by atoms with Crippen molar-refractivity contribution in [3.63, 3.8) is 0 Å². The van der Waals surface area contributed by atoms with Crippen molar-refractivity contribution in [3.05, 3.63) is 33.8 Å². The second-order valence-corrected chi connectivity index (χ2v) is 6.02. The second kappa shape index (κ2) is 7.87.